The monoisotopic (exact) mass is 160 g/mol. The van der Waals surface area contributed by atoms with Gasteiger partial charge in [0.15, 0.2) is 0 Å². The summed E-state index contributed by atoms with van der Waals surface area (Å²) in [4.78, 5) is 0. The van der Waals surface area contributed by atoms with Crippen LogP contribution in [0.3, 0.4) is 0 Å². The fourth-order valence-electron chi connectivity index (χ4n) is 1.10. The van der Waals surface area contributed by atoms with Gasteiger partial charge in [-0.3, -0.25) is 0 Å². The summed E-state index contributed by atoms with van der Waals surface area (Å²) in [7, 11) is 0. The zero-order valence-corrected chi connectivity index (χ0v) is 7.75. The number of rotatable bonds is 5. The Labute approximate surface area is 69.2 Å². The predicted octanol–water partition coefficient (Wildman–Crippen LogP) is 1.55. The van der Waals surface area contributed by atoms with Crippen LogP contribution in [0.25, 0.3) is 0 Å². The summed E-state index contributed by atoms with van der Waals surface area (Å²) >= 11 is 0. The minimum Gasteiger partial charge on any atom is -0.393 e. The minimum atomic E-state index is -0.281. The van der Waals surface area contributed by atoms with Gasteiger partial charge in [0.2, 0.25) is 0 Å². The Hall–Kier alpha value is -0.0800. The quantitative estimate of drug-likeness (QED) is 0.640. The molecule has 2 N–H and O–H groups in total. The van der Waals surface area contributed by atoms with Gasteiger partial charge >= 0.3 is 0 Å². The first-order valence-electron chi connectivity index (χ1n) is 4.38. The van der Waals surface area contributed by atoms with Crippen molar-refractivity contribution in [1.82, 2.24) is 0 Å². The van der Waals surface area contributed by atoms with Crippen molar-refractivity contribution in [2.24, 2.45) is 5.92 Å². The molecule has 0 aliphatic carbocycles. The first-order chi connectivity index (χ1) is 5.02. The molecule has 0 heterocycles. The van der Waals surface area contributed by atoms with Crippen LogP contribution in [0.4, 0.5) is 0 Å². The lowest BCUT2D eigenvalue weighted by molar-refractivity contribution is 0.107. The van der Waals surface area contributed by atoms with E-state index in [1.807, 2.05) is 0 Å². The molecule has 68 valence electrons. The maximum Gasteiger partial charge on any atom is 0.0543 e. The summed E-state index contributed by atoms with van der Waals surface area (Å²) in [5.41, 5.74) is 0. The van der Waals surface area contributed by atoms with Crippen LogP contribution in [0, 0.1) is 5.92 Å². The second-order valence-corrected chi connectivity index (χ2v) is 3.71. The van der Waals surface area contributed by atoms with Crippen LogP contribution in [-0.2, 0) is 0 Å². The van der Waals surface area contributed by atoms with Crippen molar-refractivity contribution >= 4 is 0 Å². The van der Waals surface area contributed by atoms with E-state index >= 15 is 0 Å². The van der Waals surface area contributed by atoms with E-state index < -0.39 is 0 Å². The lowest BCUT2D eigenvalue weighted by atomic mass is 10.0. The molecule has 0 rings (SSSR count). The van der Waals surface area contributed by atoms with E-state index in [9.17, 15) is 5.11 Å². The van der Waals surface area contributed by atoms with E-state index in [1.165, 1.54) is 0 Å². The highest BCUT2D eigenvalue weighted by molar-refractivity contribution is 4.60. The van der Waals surface area contributed by atoms with Gasteiger partial charge in [-0.1, -0.05) is 13.8 Å². The lowest BCUT2D eigenvalue weighted by Crippen LogP contribution is -2.13. The second kappa shape index (κ2) is 5.56. The SMILES string of the molecule is CC(C)CC(O)CCC(C)O. The van der Waals surface area contributed by atoms with Crippen LogP contribution in [0.2, 0.25) is 0 Å². The third-order valence-electron chi connectivity index (χ3n) is 1.66. The van der Waals surface area contributed by atoms with Gasteiger partial charge in [-0.2, -0.15) is 0 Å². The Balaban J connectivity index is 3.29. The van der Waals surface area contributed by atoms with Gasteiger partial charge < -0.3 is 10.2 Å². The standard InChI is InChI=1S/C9H20O2/c1-7(2)6-9(11)5-4-8(3)10/h7-11H,4-6H2,1-3H3. The molecule has 11 heavy (non-hydrogen) atoms. The Kier molecular flexibility index (Phi) is 5.51. The van der Waals surface area contributed by atoms with Crippen molar-refractivity contribution in [2.45, 2.75) is 52.2 Å². The molecular weight excluding hydrogens is 140 g/mol. The second-order valence-electron chi connectivity index (χ2n) is 3.71. The average molecular weight is 160 g/mol. The van der Waals surface area contributed by atoms with Gasteiger partial charge in [-0.05, 0) is 32.1 Å². The van der Waals surface area contributed by atoms with Gasteiger partial charge in [0, 0.05) is 0 Å². The first kappa shape index (κ1) is 10.9. The fraction of sp³-hybridized carbons (Fsp3) is 1.00. The smallest absolute Gasteiger partial charge is 0.0543 e. The Morgan fingerprint density at radius 3 is 1.91 bits per heavy atom. The molecule has 2 atom stereocenters. The summed E-state index contributed by atoms with van der Waals surface area (Å²) in [6, 6.07) is 0. The molecule has 0 aromatic carbocycles. The van der Waals surface area contributed by atoms with Crippen LogP contribution < -0.4 is 0 Å². The molecule has 0 aliphatic heterocycles. The molecule has 0 aromatic rings. The highest BCUT2D eigenvalue weighted by atomic mass is 16.3. The molecule has 0 fully saturated rings. The normalized spacial score (nSPS) is 16.9. The topological polar surface area (TPSA) is 40.5 Å². The van der Waals surface area contributed by atoms with E-state index in [0.29, 0.717) is 12.3 Å². The van der Waals surface area contributed by atoms with E-state index in [-0.39, 0.29) is 12.2 Å². The third kappa shape index (κ3) is 7.82. The van der Waals surface area contributed by atoms with Gasteiger partial charge in [0.25, 0.3) is 0 Å². The van der Waals surface area contributed by atoms with Crippen LogP contribution in [0.5, 0.6) is 0 Å². The minimum absolute atomic E-state index is 0.232. The number of aliphatic hydroxyl groups is 2. The summed E-state index contributed by atoms with van der Waals surface area (Å²) in [6.07, 6.45) is 1.75. The molecule has 0 bridgehead atoms. The average Bonchev–Trinajstić information content (AvgIpc) is 1.82. The Bertz CT molecular complexity index is 89.6. The molecule has 2 nitrogen and oxygen atoms in total. The van der Waals surface area contributed by atoms with Gasteiger partial charge in [0.1, 0.15) is 0 Å². The predicted molar refractivity (Wildman–Crippen MR) is 46.4 cm³/mol. The molecule has 0 spiro atoms. The van der Waals surface area contributed by atoms with Crippen molar-refractivity contribution in [3.63, 3.8) is 0 Å². The summed E-state index contributed by atoms with van der Waals surface area (Å²) in [5.74, 6) is 0.541. The van der Waals surface area contributed by atoms with E-state index in [2.05, 4.69) is 13.8 Å². The molecule has 2 heteroatoms. The fourth-order valence-corrected chi connectivity index (χ4v) is 1.10. The molecule has 0 amide bonds. The molecule has 2 unspecified atom stereocenters. The van der Waals surface area contributed by atoms with Crippen LogP contribution in [0.15, 0.2) is 0 Å². The highest BCUT2D eigenvalue weighted by Gasteiger charge is 2.07. The van der Waals surface area contributed by atoms with Gasteiger partial charge in [-0.15, -0.1) is 0 Å². The maximum atomic E-state index is 9.36. The highest BCUT2D eigenvalue weighted by Crippen LogP contribution is 2.10. The molecular formula is C9H20O2. The largest absolute Gasteiger partial charge is 0.393 e. The lowest BCUT2D eigenvalue weighted by Gasteiger charge is -2.13. The number of hydrogen-bond acceptors (Lipinski definition) is 2. The van der Waals surface area contributed by atoms with Crippen molar-refractivity contribution in [2.75, 3.05) is 0 Å². The Morgan fingerprint density at radius 1 is 1.00 bits per heavy atom. The van der Waals surface area contributed by atoms with Gasteiger partial charge in [-0.25, -0.2) is 0 Å². The molecule has 0 radical (unpaired) electrons. The zero-order chi connectivity index (χ0) is 8.85. The maximum absolute atomic E-state index is 9.36. The number of aliphatic hydroxyl groups excluding tert-OH is 2. The van der Waals surface area contributed by atoms with Crippen LogP contribution in [0.1, 0.15) is 40.0 Å². The van der Waals surface area contributed by atoms with Crippen LogP contribution >= 0.6 is 0 Å². The van der Waals surface area contributed by atoms with Crippen molar-refractivity contribution in [1.29, 1.82) is 0 Å². The van der Waals surface area contributed by atoms with Crippen LogP contribution in [-0.4, -0.2) is 22.4 Å². The van der Waals surface area contributed by atoms with E-state index in [1.54, 1.807) is 6.92 Å². The summed E-state index contributed by atoms with van der Waals surface area (Å²) in [5, 5.41) is 18.3. The summed E-state index contributed by atoms with van der Waals surface area (Å²) < 4.78 is 0. The number of hydrogen-bond donors (Lipinski definition) is 2. The van der Waals surface area contributed by atoms with Crippen molar-refractivity contribution < 1.29 is 10.2 Å². The van der Waals surface area contributed by atoms with Crippen molar-refractivity contribution in [3.8, 4) is 0 Å². The van der Waals surface area contributed by atoms with Gasteiger partial charge in [0.05, 0.1) is 12.2 Å². The zero-order valence-electron chi connectivity index (χ0n) is 7.75. The Morgan fingerprint density at radius 2 is 1.55 bits per heavy atom. The van der Waals surface area contributed by atoms with E-state index in [4.69, 9.17) is 5.11 Å². The first-order valence-corrected chi connectivity index (χ1v) is 4.38. The molecule has 0 saturated heterocycles. The third-order valence-corrected chi connectivity index (χ3v) is 1.66. The molecule has 0 aliphatic rings. The summed E-state index contributed by atoms with van der Waals surface area (Å²) in [6.45, 7) is 5.93. The molecule has 0 saturated carbocycles. The van der Waals surface area contributed by atoms with E-state index in [0.717, 1.165) is 12.8 Å². The van der Waals surface area contributed by atoms with Crippen molar-refractivity contribution in [3.05, 3.63) is 0 Å². The molecule has 0 aromatic heterocycles.